The third-order valence-electron chi connectivity index (χ3n) is 2.75. The predicted octanol–water partition coefficient (Wildman–Crippen LogP) is 2.73. The minimum Gasteiger partial charge on any atom is -0.481 e. The van der Waals surface area contributed by atoms with Crippen LogP contribution in [0.5, 0.6) is 0 Å². The van der Waals surface area contributed by atoms with Gasteiger partial charge in [-0.3, -0.25) is 4.79 Å². The molecule has 0 radical (unpaired) electrons. The van der Waals surface area contributed by atoms with Gasteiger partial charge in [0.1, 0.15) is 0 Å². The van der Waals surface area contributed by atoms with Crippen LogP contribution in [0.25, 0.3) is 0 Å². The molecule has 0 bridgehead atoms. The third kappa shape index (κ3) is 5.71. The van der Waals surface area contributed by atoms with Crippen LogP contribution in [0.1, 0.15) is 24.8 Å². The molecule has 0 aliphatic rings. The highest BCUT2D eigenvalue weighted by Crippen LogP contribution is 2.13. The molecule has 0 saturated carbocycles. The summed E-state index contributed by atoms with van der Waals surface area (Å²) in [7, 11) is 1.90. The fourth-order valence-electron chi connectivity index (χ4n) is 1.75. The number of carboxylic acid groups (broad SMARTS) is 1. The van der Waals surface area contributed by atoms with E-state index in [0.717, 1.165) is 17.9 Å². The summed E-state index contributed by atoms with van der Waals surface area (Å²) in [6.45, 7) is 0. The van der Waals surface area contributed by atoms with Crippen molar-refractivity contribution in [1.29, 1.82) is 0 Å². The molecule has 0 aliphatic heterocycles. The molecular formula is C13H18ClNO2. The van der Waals surface area contributed by atoms with Gasteiger partial charge in [-0.25, -0.2) is 0 Å². The van der Waals surface area contributed by atoms with Crippen LogP contribution in [0.4, 0.5) is 0 Å². The summed E-state index contributed by atoms with van der Waals surface area (Å²) >= 11 is 5.82. The Balaban J connectivity index is 2.40. The molecule has 1 aromatic carbocycles. The molecule has 0 fully saturated rings. The number of benzene rings is 1. The van der Waals surface area contributed by atoms with Crippen LogP contribution in [-0.4, -0.2) is 24.2 Å². The normalized spacial score (nSPS) is 12.4. The molecule has 4 heteroatoms. The van der Waals surface area contributed by atoms with Crippen molar-refractivity contribution in [2.45, 2.75) is 31.7 Å². The minimum atomic E-state index is -0.730. The number of rotatable bonds is 7. The van der Waals surface area contributed by atoms with E-state index in [4.69, 9.17) is 16.7 Å². The topological polar surface area (TPSA) is 49.3 Å². The lowest BCUT2D eigenvalue weighted by molar-refractivity contribution is -0.137. The van der Waals surface area contributed by atoms with Crippen molar-refractivity contribution in [2.75, 3.05) is 7.05 Å². The van der Waals surface area contributed by atoms with Crippen LogP contribution in [0.2, 0.25) is 5.02 Å². The summed E-state index contributed by atoms with van der Waals surface area (Å²) in [5, 5.41) is 12.5. The first-order valence-corrected chi connectivity index (χ1v) is 6.13. The maximum absolute atomic E-state index is 10.4. The molecule has 1 rings (SSSR count). The molecule has 1 unspecified atom stereocenters. The standard InChI is InChI=1S/C13H18ClNO2/c1-15-12(3-2-4-13(16)17)9-10-5-7-11(14)8-6-10/h5-8,12,15H,2-4,9H2,1H3,(H,16,17). The molecule has 0 amide bonds. The molecule has 0 spiro atoms. The summed E-state index contributed by atoms with van der Waals surface area (Å²) in [6.07, 6.45) is 2.70. The SMILES string of the molecule is CNC(CCCC(=O)O)Cc1ccc(Cl)cc1. The smallest absolute Gasteiger partial charge is 0.303 e. The number of hydrogen-bond acceptors (Lipinski definition) is 2. The first-order valence-electron chi connectivity index (χ1n) is 5.75. The zero-order chi connectivity index (χ0) is 12.7. The number of halogens is 1. The highest BCUT2D eigenvalue weighted by atomic mass is 35.5. The van der Waals surface area contributed by atoms with E-state index in [-0.39, 0.29) is 6.42 Å². The van der Waals surface area contributed by atoms with E-state index in [1.807, 2.05) is 31.3 Å². The number of likely N-dealkylation sites (N-methyl/N-ethyl adjacent to an activating group) is 1. The molecule has 1 aromatic rings. The lowest BCUT2D eigenvalue weighted by Gasteiger charge is -2.15. The van der Waals surface area contributed by atoms with E-state index in [1.165, 1.54) is 5.56 Å². The van der Waals surface area contributed by atoms with Crippen LogP contribution in [0.15, 0.2) is 24.3 Å². The first kappa shape index (κ1) is 14.0. The van der Waals surface area contributed by atoms with Gasteiger partial charge in [0.2, 0.25) is 0 Å². The predicted molar refractivity (Wildman–Crippen MR) is 69.5 cm³/mol. The van der Waals surface area contributed by atoms with Crippen LogP contribution in [-0.2, 0) is 11.2 Å². The fraction of sp³-hybridized carbons (Fsp3) is 0.462. The quantitative estimate of drug-likeness (QED) is 0.788. The van der Waals surface area contributed by atoms with Gasteiger partial charge in [-0.2, -0.15) is 0 Å². The zero-order valence-corrected chi connectivity index (χ0v) is 10.7. The maximum atomic E-state index is 10.4. The molecular weight excluding hydrogens is 238 g/mol. The third-order valence-corrected chi connectivity index (χ3v) is 3.00. The Bertz CT molecular complexity index is 351. The van der Waals surface area contributed by atoms with Gasteiger partial charge in [-0.05, 0) is 44.0 Å². The van der Waals surface area contributed by atoms with Gasteiger partial charge < -0.3 is 10.4 Å². The Kier molecular flexibility index (Phi) is 6.01. The first-order chi connectivity index (χ1) is 8.11. The van der Waals surface area contributed by atoms with E-state index in [9.17, 15) is 4.79 Å². The van der Waals surface area contributed by atoms with Crippen molar-refractivity contribution >= 4 is 17.6 Å². The Morgan fingerprint density at radius 3 is 2.59 bits per heavy atom. The summed E-state index contributed by atoms with van der Waals surface area (Å²) in [6, 6.07) is 8.07. The summed E-state index contributed by atoms with van der Waals surface area (Å²) in [4.78, 5) is 10.4. The highest BCUT2D eigenvalue weighted by molar-refractivity contribution is 6.30. The molecule has 3 nitrogen and oxygen atoms in total. The largest absolute Gasteiger partial charge is 0.481 e. The van der Waals surface area contributed by atoms with Crippen LogP contribution in [0.3, 0.4) is 0 Å². The van der Waals surface area contributed by atoms with Crippen LogP contribution < -0.4 is 5.32 Å². The molecule has 0 saturated heterocycles. The van der Waals surface area contributed by atoms with Crippen molar-refractivity contribution in [1.82, 2.24) is 5.32 Å². The summed E-state index contributed by atoms with van der Waals surface area (Å²) < 4.78 is 0. The van der Waals surface area contributed by atoms with E-state index in [1.54, 1.807) is 0 Å². The summed E-state index contributed by atoms with van der Waals surface area (Å²) in [5.74, 6) is -0.730. The van der Waals surface area contributed by atoms with Gasteiger partial charge >= 0.3 is 5.97 Å². The number of nitrogens with one attached hydrogen (secondary N) is 1. The Labute approximate surface area is 107 Å². The molecule has 0 heterocycles. The lowest BCUT2D eigenvalue weighted by atomic mass is 10.0. The molecule has 94 valence electrons. The van der Waals surface area contributed by atoms with Crippen molar-refractivity contribution in [3.05, 3.63) is 34.9 Å². The molecule has 0 aromatic heterocycles. The number of aliphatic carboxylic acids is 1. The van der Waals surface area contributed by atoms with Crippen molar-refractivity contribution in [3.63, 3.8) is 0 Å². The van der Waals surface area contributed by atoms with Crippen molar-refractivity contribution < 1.29 is 9.90 Å². The number of carboxylic acids is 1. The lowest BCUT2D eigenvalue weighted by Crippen LogP contribution is -2.27. The second-order valence-electron chi connectivity index (χ2n) is 4.10. The Hall–Kier alpha value is -1.06. The highest BCUT2D eigenvalue weighted by Gasteiger charge is 2.08. The van der Waals surface area contributed by atoms with Crippen LogP contribution in [0, 0.1) is 0 Å². The molecule has 0 aliphatic carbocycles. The van der Waals surface area contributed by atoms with Gasteiger partial charge in [0.05, 0.1) is 0 Å². The van der Waals surface area contributed by atoms with Gasteiger partial charge in [-0.15, -0.1) is 0 Å². The minimum absolute atomic E-state index is 0.235. The average Bonchev–Trinajstić information content (AvgIpc) is 2.30. The zero-order valence-electron chi connectivity index (χ0n) is 9.95. The average molecular weight is 256 g/mol. The Morgan fingerprint density at radius 2 is 2.06 bits per heavy atom. The second-order valence-corrected chi connectivity index (χ2v) is 4.54. The molecule has 1 atom stereocenters. The van der Waals surface area contributed by atoms with Gasteiger partial charge in [0.15, 0.2) is 0 Å². The molecule has 2 N–H and O–H groups in total. The van der Waals surface area contributed by atoms with E-state index < -0.39 is 5.97 Å². The number of carbonyl (C=O) groups is 1. The van der Waals surface area contributed by atoms with E-state index >= 15 is 0 Å². The molecule has 17 heavy (non-hydrogen) atoms. The summed E-state index contributed by atoms with van der Waals surface area (Å²) in [5.41, 5.74) is 1.21. The van der Waals surface area contributed by atoms with Gasteiger partial charge in [0, 0.05) is 17.5 Å². The fourth-order valence-corrected chi connectivity index (χ4v) is 1.88. The van der Waals surface area contributed by atoms with Gasteiger partial charge in [-0.1, -0.05) is 23.7 Å². The van der Waals surface area contributed by atoms with E-state index in [0.29, 0.717) is 12.5 Å². The Morgan fingerprint density at radius 1 is 1.41 bits per heavy atom. The van der Waals surface area contributed by atoms with Crippen molar-refractivity contribution in [3.8, 4) is 0 Å². The monoisotopic (exact) mass is 255 g/mol. The second kappa shape index (κ2) is 7.30. The maximum Gasteiger partial charge on any atom is 0.303 e. The number of hydrogen-bond donors (Lipinski definition) is 2. The van der Waals surface area contributed by atoms with E-state index in [2.05, 4.69) is 5.32 Å². The van der Waals surface area contributed by atoms with Crippen molar-refractivity contribution in [2.24, 2.45) is 0 Å². The van der Waals surface area contributed by atoms with Crippen LogP contribution >= 0.6 is 11.6 Å². The van der Waals surface area contributed by atoms with Gasteiger partial charge in [0.25, 0.3) is 0 Å².